The summed E-state index contributed by atoms with van der Waals surface area (Å²) < 4.78 is 0. The topological polar surface area (TPSA) is 40.6 Å². The van der Waals surface area contributed by atoms with E-state index >= 15 is 0 Å². The van der Waals surface area contributed by atoms with Crippen LogP contribution < -0.4 is 0 Å². The van der Waals surface area contributed by atoms with Crippen LogP contribution in [0.25, 0.3) is 0 Å². The van der Waals surface area contributed by atoms with E-state index in [1.54, 1.807) is 12.1 Å². The second-order valence-electron chi connectivity index (χ2n) is 9.78. The number of hydrogen-bond donors (Lipinski definition) is 0. The van der Waals surface area contributed by atoms with Crippen molar-refractivity contribution in [2.45, 2.75) is 44.9 Å². The van der Waals surface area contributed by atoms with Gasteiger partial charge in [-0.15, -0.1) is 0 Å². The quantitative estimate of drug-likeness (QED) is 0.705. The van der Waals surface area contributed by atoms with Crippen LogP contribution in [-0.2, 0) is 16.0 Å². The molecule has 0 spiro atoms. The number of amides is 2. The summed E-state index contributed by atoms with van der Waals surface area (Å²) in [6.45, 7) is 2.53. The molecule has 2 amide bonds. The molecule has 4 aliphatic carbocycles. The lowest BCUT2D eigenvalue weighted by Crippen LogP contribution is -2.58. The number of hydrogen-bond acceptors (Lipinski definition) is 2. The Morgan fingerprint density at radius 2 is 1.45 bits per heavy atom. The third kappa shape index (κ3) is 3.67. The van der Waals surface area contributed by atoms with Gasteiger partial charge in [0.15, 0.2) is 0 Å². The van der Waals surface area contributed by atoms with Gasteiger partial charge in [-0.05, 0) is 74.0 Å². The van der Waals surface area contributed by atoms with Crippen molar-refractivity contribution < 1.29 is 9.59 Å². The lowest BCUT2D eigenvalue weighted by Gasteiger charge is -2.57. The Morgan fingerprint density at radius 3 is 2.00 bits per heavy atom. The molecule has 6 heteroatoms. The number of rotatable bonds is 3. The van der Waals surface area contributed by atoms with E-state index in [9.17, 15) is 9.59 Å². The molecule has 0 atom stereocenters. The minimum atomic E-state index is -0.0856. The number of nitrogens with zero attached hydrogens (tertiary/aromatic N) is 2. The molecule has 0 radical (unpaired) electrons. The highest BCUT2D eigenvalue weighted by Crippen LogP contribution is 2.60. The smallest absolute Gasteiger partial charge is 0.228 e. The predicted molar refractivity (Wildman–Crippen MR) is 114 cm³/mol. The number of benzene rings is 1. The van der Waals surface area contributed by atoms with Crippen LogP contribution in [0, 0.1) is 23.2 Å². The monoisotopic (exact) mass is 434 g/mol. The molecule has 4 nitrogen and oxygen atoms in total. The first-order chi connectivity index (χ1) is 13.9. The Labute approximate surface area is 182 Å². The minimum absolute atomic E-state index is 0.0659. The van der Waals surface area contributed by atoms with E-state index in [-0.39, 0.29) is 17.7 Å². The highest BCUT2D eigenvalue weighted by molar-refractivity contribution is 6.35. The van der Waals surface area contributed by atoms with Gasteiger partial charge in [-0.3, -0.25) is 9.59 Å². The Hall–Kier alpha value is -1.26. The zero-order valence-corrected chi connectivity index (χ0v) is 18.2. The van der Waals surface area contributed by atoms with Crippen molar-refractivity contribution in [3.63, 3.8) is 0 Å². The summed E-state index contributed by atoms with van der Waals surface area (Å²) in [6.07, 6.45) is 7.63. The zero-order chi connectivity index (χ0) is 20.2. The molecule has 0 aromatic heterocycles. The molecular formula is C23H28Cl2N2O2. The summed E-state index contributed by atoms with van der Waals surface area (Å²) >= 11 is 12.2. The van der Waals surface area contributed by atoms with Crippen molar-refractivity contribution >= 4 is 35.0 Å². The first kappa shape index (κ1) is 19.7. The largest absolute Gasteiger partial charge is 0.339 e. The molecule has 1 heterocycles. The Kier molecular flexibility index (Phi) is 5.06. The van der Waals surface area contributed by atoms with Crippen LogP contribution in [0.3, 0.4) is 0 Å². The van der Waals surface area contributed by atoms with Gasteiger partial charge in [-0.2, -0.15) is 0 Å². The fourth-order valence-electron chi connectivity index (χ4n) is 6.81. The number of carbonyl (C=O) groups excluding carboxylic acids is 2. The molecule has 6 rings (SSSR count). The second-order valence-corrected chi connectivity index (χ2v) is 10.6. The fraction of sp³-hybridized carbons (Fsp3) is 0.652. The maximum absolute atomic E-state index is 13.5. The Morgan fingerprint density at radius 1 is 0.897 bits per heavy atom. The number of halogens is 2. The average Bonchev–Trinajstić information content (AvgIpc) is 2.68. The molecule has 1 saturated heterocycles. The van der Waals surface area contributed by atoms with Gasteiger partial charge in [-0.1, -0.05) is 29.3 Å². The molecule has 156 valence electrons. The summed E-state index contributed by atoms with van der Waals surface area (Å²) in [7, 11) is 0. The number of piperazine rings is 1. The van der Waals surface area contributed by atoms with E-state index < -0.39 is 0 Å². The van der Waals surface area contributed by atoms with Gasteiger partial charge in [0.05, 0.1) is 11.8 Å². The van der Waals surface area contributed by atoms with E-state index in [2.05, 4.69) is 0 Å². The first-order valence-electron chi connectivity index (χ1n) is 10.9. The lowest BCUT2D eigenvalue weighted by atomic mass is 9.49. The maximum Gasteiger partial charge on any atom is 0.228 e. The molecule has 5 fully saturated rings. The van der Waals surface area contributed by atoms with Crippen molar-refractivity contribution in [2.24, 2.45) is 23.2 Å². The summed E-state index contributed by atoms with van der Waals surface area (Å²) in [5.41, 5.74) is 0.714. The third-order valence-corrected chi connectivity index (χ3v) is 8.36. The third-order valence-electron chi connectivity index (χ3n) is 7.77. The summed E-state index contributed by atoms with van der Waals surface area (Å²) in [4.78, 5) is 30.1. The molecule has 1 aromatic rings. The summed E-state index contributed by atoms with van der Waals surface area (Å²) in [5, 5.41) is 1.10. The molecule has 0 unspecified atom stereocenters. The second kappa shape index (κ2) is 7.46. The van der Waals surface area contributed by atoms with Crippen LogP contribution in [0.15, 0.2) is 18.2 Å². The molecule has 1 aliphatic heterocycles. The van der Waals surface area contributed by atoms with E-state index in [0.29, 0.717) is 42.1 Å². The lowest BCUT2D eigenvalue weighted by molar-refractivity contribution is -0.160. The van der Waals surface area contributed by atoms with E-state index in [1.165, 1.54) is 19.3 Å². The van der Waals surface area contributed by atoms with Gasteiger partial charge in [0.2, 0.25) is 11.8 Å². The average molecular weight is 435 g/mol. The molecule has 5 aliphatic rings. The van der Waals surface area contributed by atoms with Crippen molar-refractivity contribution in [3.05, 3.63) is 33.8 Å². The van der Waals surface area contributed by atoms with Gasteiger partial charge in [0.1, 0.15) is 0 Å². The summed E-state index contributed by atoms with van der Waals surface area (Å²) in [5.74, 6) is 2.77. The fourth-order valence-corrected chi connectivity index (χ4v) is 7.28. The van der Waals surface area contributed by atoms with Crippen LogP contribution in [0.4, 0.5) is 0 Å². The van der Waals surface area contributed by atoms with Crippen molar-refractivity contribution in [3.8, 4) is 0 Å². The SMILES string of the molecule is O=C(Cc1ccc(Cl)cc1Cl)N1CCN(C(=O)C23CC4CC(CC(C4)C2)C3)CC1. The van der Waals surface area contributed by atoms with Crippen LogP contribution >= 0.6 is 23.2 Å². The molecule has 0 N–H and O–H groups in total. The predicted octanol–water partition coefficient (Wildman–Crippen LogP) is 4.42. The van der Waals surface area contributed by atoms with Crippen molar-refractivity contribution in [1.82, 2.24) is 9.80 Å². The van der Waals surface area contributed by atoms with Gasteiger partial charge < -0.3 is 9.80 Å². The van der Waals surface area contributed by atoms with Crippen LogP contribution in [0.5, 0.6) is 0 Å². The molecular weight excluding hydrogens is 407 g/mol. The van der Waals surface area contributed by atoms with Gasteiger partial charge >= 0.3 is 0 Å². The van der Waals surface area contributed by atoms with Crippen LogP contribution in [-0.4, -0.2) is 47.8 Å². The minimum Gasteiger partial charge on any atom is -0.339 e. The highest BCUT2D eigenvalue weighted by Gasteiger charge is 2.55. The van der Waals surface area contributed by atoms with Crippen LogP contribution in [0.1, 0.15) is 44.1 Å². The first-order valence-corrected chi connectivity index (χ1v) is 11.7. The highest BCUT2D eigenvalue weighted by atomic mass is 35.5. The van der Waals surface area contributed by atoms with Gasteiger partial charge in [-0.25, -0.2) is 0 Å². The van der Waals surface area contributed by atoms with E-state index in [0.717, 1.165) is 42.6 Å². The summed E-state index contributed by atoms with van der Waals surface area (Å²) in [6, 6.07) is 5.25. The van der Waals surface area contributed by atoms with Gasteiger partial charge in [0, 0.05) is 36.2 Å². The molecule has 4 bridgehead atoms. The molecule has 29 heavy (non-hydrogen) atoms. The maximum atomic E-state index is 13.5. The van der Waals surface area contributed by atoms with Gasteiger partial charge in [0.25, 0.3) is 0 Å². The normalized spacial score (nSPS) is 33.2. The Bertz CT molecular complexity index is 797. The van der Waals surface area contributed by atoms with Crippen molar-refractivity contribution in [1.29, 1.82) is 0 Å². The van der Waals surface area contributed by atoms with E-state index in [4.69, 9.17) is 23.2 Å². The van der Waals surface area contributed by atoms with Crippen LogP contribution in [0.2, 0.25) is 10.0 Å². The zero-order valence-electron chi connectivity index (χ0n) is 16.7. The molecule has 1 aromatic carbocycles. The Balaban J connectivity index is 1.19. The van der Waals surface area contributed by atoms with E-state index in [1.807, 2.05) is 15.9 Å². The van der Waals surface area contributed by atoms with Crippen molar-refractivity contribution in [2.75, 3.05) is 26.2 Å². The standard InChI is InChI=1S/C23H28Cl2N2O2/c24-19-2-1-18(20(25)11-19)10-21(28)26-3-5-27(6-4-26)22(29)23-12-15-7-16(13-23)9-17(8-15)14-23/h1-2,11,15-17H,3-10,12-14H2. The number of carbonyl (C=O) groups is 2. The molecule has 4 saturated carbocycles.